The molecule has 1 aliphatic heterocycles. The minimum atomic E-state index is -4.86. The Morgan fingerprint density at radius 3 is 2.45 bits per heavy atom. The van der Waals surface area contributed by atoms with Gasteiger partial charge in [0.15, 0.2) is 11.4 Å². The highest BCUT2D eigenvalue weighted by Crippen LogP contribution is 2.37. The van der Waals surface area contributed by atoms with Crippen LogP contribution in [0.1, 0.15) is 52.9 Å². The molecule has 0 spiro atoms. The number of benzene rings is 2. The van der Waals surface area contributed by atoms with Crippen LogP contribution >= 0.6 is 11.6 Å². The van der Waals surface area contributed by atoms with Crippen molar-refractivity contribution in [2.45, 2.75) is 39.2 Å². The van der Waals surface area contributed by atoms with Crippen molar-refractivity contribution in [1.29, 1.82) is 0 Å². The molecule has 0 bridgehead atoms. The van der Waals surface area contributed by atoms with E-state index in [0.717, 1.165) is 4.68 Å². The van der Waals surface area contributed by atoms with Gasteiger partial charge in [0, 0.05) is 18.7 Å². The van der Waals surface area contributed by atoms with Crippen molar-refractivity contribution in [3.8, 4) is 23.1 Å². The lowest BCUT2D eigenvalue weighted by Gasteiger charge is -2.19. The van der Waals surface area contributed by atoms with Gasteiger partial charge in [-0.15, -0.1) is 0 Å². The summed E-state index contributed by atoms with van der Waals surface area (Å²) < 4.78 is 64.1. The molecule has 44 heavy (non-hydrogen) atoms. The molecule has 0 fully saturated rings. The van der Waals surface area contributed by atoms with E-state index in [0.29, 0.717) is 17.3 Å². The summed E-state index contributed by atoms with van der Waals surface area (Å²) in [6.07, 6.45) is -3.42. The highest BCUT2D eigenvalue weighted by atomic mass is 35.5. The third-order valence-electron chi connectivity index (χ3n) is 6.29. The van der Waals surface area contributed by atoms with Crippen LogP contribution in [-0.4, -0.2) is 46.1 Å². The number of amides is 1. The van der Waals surface area contributed by atoms with Crippen molar-refractivity contribution in [3.05, 3.63) is 88.3 Å². The molecule has 0 unspecified atom stereocenters. The zero-order chi connectivity index (χ0) is 31.8. The summed E-state index contributed by atoms with van der Waals surface area (Å²) in [5.74, 6) is -0.0515. The second kappa shape index (κ2) is 11.7. The Hall–Kier alpha value is -4.78. The van der Waals surface area contributed by atoms with E-state index in [2.05, 4.69) is 10.1 Å². The molecule has 0 aliphatic carbocycles. The fraction of sp³-hybridized carbons (Fsp3) is 0.267. The first-order valence-corrected chi connectivity index (χ1v) is 13.5. The van der Waals surface area contributed by atoms with E-state index in [4.69, 9.17) is 30.5 Å². The van der Waals surface area contributed by atoms with E-state index in [1.807, 2.05) is 0 Å². The Kier molecular flexibility index (Phi) is 8.17. The molecule has 4 aromatic rings. The van der Waals surface area contributed by atoms with Gasteiger partial charge in [-0.05, 0) is 63.2 Å². The highest BCUT2D eigenvalue weighted by Gasteiger charge is 2.39. The van der Waals surface area contributed by atoms with Crippen molar-refractivity contribution >= 4 is 29.2 Å². The van der Waals surface area contributed by atoms with E-state index < -0.39 is 41.0 Å². The normalized spacial score (nSPS) is 12.6. The standard InChI is InChI=1S/C30H26ClF3N4O6/c1-29(2,3)44-28(40)17-8-10-21(11-9-17)41-15-22-24(31)25(30(32,33)34)36-38(22)19-7-5-6-18(12-19)27(39)37(4)20-13-23-26(35-14-20)43-16-42-23/h5-14H,15-16H2,1-4H3. The fourth-order valence-corrected chi connectivity index (χ4v) is 4.46. The largest absolute Gasteiger partial charge is 0.487 e. The molecule has 3 heterocycles. The van der Waals surface area contributed by atoms with Gasteiger partial charge < -0.3 is 23.8 Å². The Labute approximate surface area is 254 Å². The predicted molar refractivity (Wildman–Crippen MR) is 153 cm³/mol. The number of pyridine rings is 1. The summed E-state index contributed by atoms with van der Waals surface area (Å²) in [6.45, 7) is 4.83. The quantitative estimate of drug-likeness (QED) is 0.214. The number of nitrogens with zero attached hydrogens (tertiary/aromatic N) is 4. The molecule has 1 aliphatic rings. The molecule has 0 saturated heterocycles. The van der Waals surface area contributed by atoms with Crippen molar-refractivity contribution in [2.75, 3.05) is 18.7 Å². The molecule has 2 aromatic heterocycles. The Bertz CT molecular complexity index is 1720. The van der Waals surface area contributed by atoms with Crippen LogP contribution in [0.15, 0.2) is 60.8 Å². The lowest BCUT2D eigenvalue weighted by Crippen LogP contribution is -2.26. The molecule has 0 radical (unpaired) electrons. The molecule has 14 heteroatoms. The summed E-state index contributed by atoms with van der Waals surface area (Å²) >= 11 is 6.19. The SMILES string of the molecule is CN(C(=O)c1cccc(-n2nc(C(F)(F)F)c(Cl)c2COc2ccc(C(=O)OC(C)(C)C)cc2)c1)c1cnc2c(c1)OCO2. The van der Waals surface area contributed by atoms with Gasteiger partial charge in [0.2, 0.25) is 6.79 Å². The average Bonchev–Trinajstić information content (AvgIpc) is 3.58. The summed E-state index contributed by atoms with van der Waals surface area (Å²) in [6, 6.07) is 13.4. The number of hydrogen-bond donors (Lipinski definition) is 0. The number of anilines is 1. The van der Waals surface area contributed by atoms with Gasteiger partial charge in [0.25, 0.3) is 11.8 Å². The first-order valence-electron chi connectivity index (χ1n) is 13.2. The van der Waals surface area contributed by atoms with Crippen molar-refractivity contribution in [2.24, 2.45) is 0 Å². The van der Waals surface area contributed by atoms with Crippen molar-refractivity contribution in [1.82, 2.24) is 14.8 Å². The maximum Gasteiger partial charge on any atom is 0.436 e. The van der Waals surface area contributed by atoms with Gasteiger partial charge in [-0.3, -0.25) is 4.79 Å². The number of alkyl halides is 3. The van der Waals surface area contributed by atoms with Gasteiger partial charge in [0.05, 0.1) is 28.2 Å². The van der Waals surface area contributed by atoms with Gasteiger partial charge in [0.1, 0.15) is 23.7 Å². The number of hydrogen-bond acceptors (Lipinski definition) is 8. The lowest BCUT2D eigenvalue weighted by atomic mass is 10.1. The fourth-order valence-electron chi connectivity index (χ4n) is 4.18. The Morgan fingerprint density at radius 2 is 1.77 bits per heavy atom. The van der Waals surface area contributed by atoms with E-state index in [9.17, 15) is 22.8 Å². The smallest absolute Gasteiger partial charge is 0.436 e. The third-order valence-corrected chi connectivity index (χ3v) is 6.69. The van der Waals surface area contributed by atoms with E-state index >= 15 is 0 Å². The molecule has 2 aromatic carbocycles. The van der Waals surface area contributed by atoms with Gasteiger partial charge in [-0.2, -0.15) is 18.3 Å². The van der Waals surface area contributed by atoms with Crippen LogP contribution in [0.25, 0.3) is 5.69 Å². The number of carbonyl (C=O) groups excluding carboxylic acids is 2. The number of esters is 1. The van der Waals surface area contributed by atoms with E-state index in [1.165, 1.54) is 66.7 Å². The number of halogens is 4. The van der Waals surface area contributed by atoms with Crippen molar-refractivity contribution in [3.63, 3.8) is 0 Å². The molecule has 0 atom stereocenters. The van der Waals surface area contributed by atoms with Gasteiger partial charge in [-0.1, -0.05) is 17.7 Å². The summed E-state index contributed by atoms with van der Waals surface area (Å²) in [4.78, 5) is 31.1. The molecular weight excluding hydrogens is 605 g/mol. The zero-order valence-electron chi connectivity index (χ0n) is 23.9. The number of fused-ring (bicyclic) bond motifs is 1. The first kappa shape index (κ1) is 30.7. The maximum atomic E-state index is 13.8. The Morgan fingerprint density at radius 1 is 1.05 bits per heavy atom. The highest BCUT2D eigenvalue weighted by molar-refractivity contribution is 6.32. The number of carbonyl (C=O) groups is 2. The topological polar surface area (TPSA) is 105 Å². The molecule has 1 amide bonds. The predicted octanol–water partition coefficient (Wildman–Crippen LogP) is 6.48. The third kappa shape index (κ3) is 6.57. The molecule has 230 valence electrons. The first-order chi connectivity index (χ1) is 20.7. The zero-order valence-corrected chi connectivity index (χ0v) is 24.7. The summed E-state index contributed by atoms with van der Waals surface area (Å²) in [5, 5.41) is 3.08. The molecular formula is C30H26ClF3N4O6. The minimum Gasteiger partial charge on any atom is -0.487 e. The van der Waals surface area contributed by atoms with Crippen LogP contribution < -0.4 is 19.1 Å². The summed E-state index contributed by atoms with van der Waals surface area (Å²) in [5.41, 5.74) is -1.10. The summed E-state index contributed by atoms with van der Waals surface area (Å²) in [7, 11) is 1.52. The van der Waals surface area contributed by atoms with Crippen molar-refractivity contribution < 1.29 is 41.7 Å². The molecule has 0 saturated carbocycles. The molecule has 10 nitrogen and oxygen atoms in total. The van der Waals surface area contributed by atoms with Crippen LogP contribution in [-0.2, 0) is 17.5 Å². The molecule has 5 rings (SSSR count). The monoisotopic (exact) mass is 630 g/mol. The maximum absolute atomic E-state index is 13.8. The van der Waals surface area contributed by atoms with Crippen LogP contribution in [0.4, 0.5) is 18.9 Å². The molecule has 0 N–H and O–H groups in total. The minimum absolute atomic E-state index is 0.0152. The van der Waals surface area contributed by atoms with Crippen LogP contribution in [0.2, 0.25) is 5.02 Å². The van der Waals surface area contributed by atoms with Crippen LogP contribution in [0.5, 0.6) is 17.4 Å². The van der Waals surface area contributed by atoms with Gasteiger partial charge >= 0.3 is 12.1 Å². The van der Waals surface area contributed by atoms with Gasteiger partial charge in [-0.25, -0.2) is 14.5 Å². The average molecular weight is 631 g/mol. The number of rotatable bonds is 7. The number of aromatic nitrogens is 3. The second-order valence-corrected chi connectivity index (χ2v) is 11.0. The second-order valence-electron chi connectivity index (χ2n) is 10.7. The van der Waals surface area contributed by atoms with Crippen LogP contribution in [0, 0.1) is 0 Å². The van der Waals surface area contributed by atoms with E-state index in [-0.39, 0.29) is 35.1 Å². The lowest BCUT2D eigenvalue weighted by molar-refractivity contribution is -0.141. The Balaban J connectivity index is 1.40. The van der Waals surface area contributed by atoms with Crippen LogP contribution in [0.3, 0.4) is 0 Å². The van der Waals surface area contributed by atoms with E-state index in [1.54, 1.807) is 26.8 Å². The number of ether oxygens (including phenoxy) is 4.